The summed E-state index contributed by atoms with van der Waals surface area (Å²) in [5.41, 5.74) is 0. The molecule has 18 heavy (non-hydrogen) atoms. The van der Waals surface area contributed by atoms with Gasteiger partial charge in [-0.05, 0) is 20.3 Å². The molecule has 0 spiro atoms. The number of hydrogen-bond donors (Lipinski definition) is 2. The van der Waals surface area contributed by atoms with Crippen LogP contribution >= 0.6 is 24.2 Å². The Morgan fingerprint density at radius 3 is 2.94 bits per heavy atom. The molecule has 0 saturated carbocycles. The second-order valence-electron chi connectivity index (χ2n) is 4.55. The van der Waals surface area contributed by atoms with Crippen LogP contribution in [0.1, 0.15) is 26.7 Å². The Bertz CT molecular complexity index is 224. The molecule has 1 atom stereocenters. The van der Waals surface area contributed by atoms with E-state index in [1.165, 1.54) is 0 Å². The van der Waals surface area contributed by atoms with E-state index in [-0.39, 0.29) is 24.4 Å². The topological polar surface area (TPSA) is 50.4 Å². The highest BCUT2D eigenvalue weighted by molar-refractivity contribution is 7.99. The summed E-state index contributed by atoms with van der Waals surface area (Å²) >= 11 is 1.92. The third-order valence-corrected chi connectivity index (χ3v) is 3.66. The molecule has 1 unspecified atom stereocenters. The fourth-order valence-corrected chi connectivity index (χ4v) is 2.61. The number of amides is 1. The van der Waals surface area contributed by atoms with Gasteiger partial charge in [-0.15, -0.1) is 12.4 Å². The number of rotatable bonds is 7. The van der Waals surface area contributed by atoms with Crippen molar-refractivity contribution in [2.45, 2.75) is 38.8 Å². The van der Waals surface area contributed by atoms with E-state index in [2.05, 4.69) is 10.6 Å². The standard InChI is InChI=1S/C12H24N2O2S.ClH/c1-10(2)16-6-3-4-14-12(15)8-11-9-17-7-5-13-11;/h10-11,13H,3-9H2,1-2H3,(H,14,15);1H. The van der Waals surface area contributed by atoms with Crippen LogP contribution in [0.15, 0.2) is 0 Å². The van der Waals surface area contributed by atoms with Crippen molar-refractivity contribution in [3.05, 3.63) is 0 Å². The maximum absolute atomic E-state index is 11.6. The van der Waals surface area contributed by atoms with Gasteiger partial charge in [0, 0.05) is 43.7 Å². The molecule has 1 aliphatic rings. The molecule has 0 aromatic heterocycles. The van der Waals surface area contributed by atoms with E-state index in [1.807, 2.05) is 25.6 Å². The molecule has 1 aliphatic heterocycles. The lowest BCUT2D eigenvalue weighted by molar-refractivity contribution is -0.121. The molecular weight excluding hydrogens is 272 g/mol. The number of hydrogen-bond acceptors (Lipinski definition) is 4. The monoisotopic (exact) mass is 296 g/mol. The predicted molar refractivity (Wildman–Crippen MR) is 79.7 cm³/mol. The third-order valence-electron chi connectivity index (χ3n) is 2.52. The van der Waals surface area contributed by atoms with Crippen LogP contribution in [0.4, 0.5) is 0 Å². The summed E-state index contributed by atoms with van der Waals surface area (Å²) < 4.78 is 5.41. The lowest BCUT2D eigenvalue weighted by Crippen LogP contribution is -2.41. The van der Waals surface area contributed by atoms with Crippen LogP contribution in [0.25, 0.3) is 0 Å². The maximum Gasteiger partial charge on any atom is 0.221 e. The van der Waals surface area contributed by atoms with Crippen molar-refractivity contribution in [3.8, 4) is 0 Å². The van der Waals surface area contributed by atoms with Gasteiger partial charge in [0.1, 0.15) is 0 Å². The van der Waals surface area contributed by atoms with Gasteiger partial charge in [0.25, 0.3) is 0 Å². The fraction of sp³-hybridized carbons (Fsp3) is 0.917. The molecule has 6 heteroatoms. The number of ether oxygens (including phenoxy) is 1. The molecule has 1 amide bonds. The molecule has 0 aromatic rings. The van der Waals surface area contributed by atoms with Gasteiger partial charge >= 0.3 is 0 Å². The van der Waals surface area contributed by atoms with Crippen LogP contribution in [0.3, 0.4) is 0 Å². The first-order valence-corrected chi connectivity index (χ1v) is 7.53. The van der Waals surface area contributed by atoms with Crippen molar-refractivity contribution in [2.75, 3.05) is 31.2 Å². The van der Waals surface area contributed by atoms with Crippen LogP contribution in [-0.2, 0) is 9.53 Å². The van der Waals surface area contributed by atoms with Gasteiger partial charge in [0.15, 0.2) is 0 Å². The van der Waals surface area contributed by atoms with Crippen LogP contribution < -0.4 is 10.6 Å². The molecule has 0 bridgehead atoms. The number of halogens is 1. The van der Waals surface area contributed by atoms with Crippen molar-refractivity contribution in [1.82, 2.24) is 10.6 Å². The molecule has 108 valence electrons. The van der Waals surface area contributed by atoms with E-state index >= 15 is 0 Å². The van der Waals surface area contributed by atoms with Crippen LogP contribution in [0.2, 0.25) is 0 Å². The molecule has 0 radical (unpaired) electrons. The van der Waals surface area contributed by atoms with E-state index in [4.69, 9.17) is 4.74 Å². The largest absolute Gasteiger partial charge is 0.379 e. The van der Waals surface area contributed by atoms with E-state index in [0.29, 0.717) is 19.0 Å². The minimum atomic E-state index is 0. The van der Waals surface area contributed by atoms with Gasteiger partial charge in [-0.25, -0.2) is 0 Å². The molecular formula is C12H25ClN2O2S. The van der Waals surface area contributed by atoms with Crippen LogP contribution in [0.5, 0.6) is 0 Å². The van der Waals surface area contributed by atoms with E-state index in [0.717, 1.165) is 31.1 Å². The highest BCUT2D eigenvalue weighted by Crippen LogP contribution is 2.09. The zero-order chi connectivity index (χ0) is 12.5. The Labute approximate surface area is 120 Å². The van der Waals surface area contributed by atoms with E-state index in [9.17, 15) is 4.79 Å². The average molecular weight is 297 g/mol. The molecule has 0 aromatic carbocycles. The Morgan fingerprint density at radius 2 is 2.33 bits per heavy atom. The van der Waals surface area contributed by atoms with E-state index < -0.39 is 0 Å². The Hall–Kier alpha value is 0.0300. The zero-order valence-electron chi connectivity index (χ0n) is 11.2. The van der Waals surface area contributed by atoms with Crippen molar-refractivity contribution < 1.29 is 9.53 Å². The fourth-order valence-electron chi connectivity index (χ4n) is 1.67. The second-order valence-corrected chi connectivity index (χ2v) is 5.70. The lowest BCUT2D eigenvalue weighted by atomic mass is 10.2. The third kappa shape index (κ3) is 9.03. The minimum absolute atomic E-state index is 0. The van der Waals surface area contributed by atoms with Gasteiger partial charge in [-0.1, -0.05) is 0 Å². The zero-order valence-corrected chi connectivity index (χ0v) is 12.9. The maximum atomic E-state index is 11.6. The first-order valence-electron chi connectivity index (χ1n) is 6.38. The Kier molecular flexibility index (Phi) is 10.9. The van der Waals surface area contributed by atoms with Gasteiger partial charge < -0.3 is 15.4 Å². The highest BCUT2D eigenvalue weighted by atomic mass is 35.5. The summed E-state index contributed by atoms with van der Waals surface area (Å²) in [5, 5.41) is 6.30. The summed E-state index contributed by atoms with van der Waals surface area (Å²) in [6.07, 6.45) is 1.75. The number of carbonyl (C=O) groups is 1. The molecule has 1 heterocycles. The lowest BCUT2D eigenvalue weighted by Gasteiger charge is -2.22. The number of nitrogens with one attached hydrogen (secondary N) is 2. The van der Waals surface area contributed by atoms with E-state index in [1.54, 1.807) is 0 Å². The van der Waals surface area contributed by atoms with Gasteiger partial charge in [0.2, 0.25) is 5.91 Å². The molecule has 0 aliphatic carbocycles. The SMILES string of the molecule is CC(C)OCCCNC(=O)CC1CSCCN1.Cl. The molecule has 1 saturated heterocycles. The van der Waals surface area contributed by atoms with Gasteiger partial charge in [-0.3, -0.25) is 4.79 Å². The molecule has 2 N–H and O–H groups in total. The first kappa shape index (κ1) is 18.0. The predicted octanol–water partition coefficient (Wildman–Crippen LogP) is 1.43. The Balaban J connectivity index is 0.00000289. The minimum Gasteiger partial charge on any atom is -0.379 e. The van der Waals surface area contributed by atoms with Crippen molar-refractivity contribution >= 4 is 30.1 Å². The van der Waals surface area contributed by atoms with Crippen molar-refractivity contribution in [1.29, 1.82) is 0 Å². The quantitative estimate of drug-likeness (QED) is 0.698. The Morgan fingerprint density at radius 1 is 1.56 bits per heavy atom. The van der Waals surface area contributed by atoms with Gasteiger partial charge in [-0.2, -0.15) is 11.8 Å². The average Bonchev–Trinajstić information content (AvgIpc) is 2.29. The molecule has 1 fully saturated rings. The van der Waals surface area contributed by atoms with Crippen molar-refractivity contribution in [3.63, 3.8) is 0 Å². The van der Waals surface area contributed by atoms with Crippen molar-refractivity contribution in [2.24, 2.45) is 0 Å². The highest BCUT2D eigenvalue weighted by Gasteiger charge is 2.16. The number of carbonyl (C=O) groups excluding carboxylic acids is 1. The molecule has 1 rings (SSSR count). The summed E-state index contributed by atoms with van der Waals surface area (Å²) in [5.74, 6) is 2.35. The van der Waals surface area contributed by atoms with Gasteiger partial charge in [0.05, 0.1) is 6.10 Å². The smallest absolute Gasteiger partial charge is 0.221 e. The van der Waals surface area contributed by atoms with Crippen LogP contribution in [-0.4, -0.2) is 49.3 Å². The number of thioether (sulfide) groups is 1. The normalized spacial score (nSPS) is 19.4. The summed E-state index contributed by atoms with van der Waals surface area (Å²) in [4.78, 5) is 11.6. The first-order chi connectivity index (χ1) is 8.18. The van der Waals surface area contributed by atoms with Crippen LogP contribution in [0, 0.1) is 0 Å². The summed E-state index contributed by atoms with van der Waals surface area (Å²) in [6, 6.07) is 0.348. The second kappa shape index (κ2) is 10.9. The molecule has 4 nitrogen and oxygen atoms in total. The summed E-state index contributed by atoms with van der Waals surface area (Å²) in [6.45, 7) is 6.49. The summed E-state index contributed by atoms with van der Waals surface area (Å²) in [7, 11) is 0.